The topological polar surface area (TPSA) is 46.9 Å². The lowest BCUT2D eigenvalue weighted by Gasteiger charge is -2.30. The van der Waals surface area contributed by atoms with Gasteiger partial charge in [0.25, 0.3) is 5.91 Å². The maximum atomic E-state index is 14.5. The number of hydrogen-bond acceptors (Lipinski definition) is 3. The number of nitrogens with one attached hydrogen (secondary N) is 1. The maximum Gasteiger partial charge on any atom is 0.435 e. The van der Waals surface area contributed by atoms with Gasteiger partial charge in [-0.05, 0) is 47.0 Å². The summed E-state index contributed by atoms with van der Waals surface area (Å²) in [6, 6.07) is 2.26. The summed E-state index contributed by atoms with van der Waals surface area (Å²) >= 11 is 16.1. The first kappa shape index (κ1) is 26.2. The number of carbonyl (C=O) groups excluding carboxylic acids is 1. The van der Waals surface area contributed by atoms with Crippen LogP contribution in [0.4, 0.5) is 30.7 Å². The van der Waals surface area contributed by atoms with Gasteiger partial charge in [-0.25, -0.2) is 9.07 Å². The molecule has 15 heteroatoms. The Bertz CT molecular complexity index is 1260. The van der Waals surface area contributed by atoms with Gasteiger partial charge in [0.15, 0.2) is 0 Å². The molecule has 2 heterocycles. The molecule has 35 heavy (non-hydrogen) atoms. The minimum absolute atomic E-state index is 0.116. The maximum absolute atomic E-state index is 14.5. The van der Waals surface area contributed by atoms with Gasteiger partial charge in [-0.1, -0.05) is 23.2 Å². The largest absolute Gasteiger partial charge is 0.435 e. The van der Waals surface area contributed by atoms with Crippen molar-refractivity contribution in [2.45, 2.75) is 36.9 Å². The molecule has 1 aromatic carbocycles. The van der Waals surface area contributed by atoms with E-state index in [2.05, 4.69) is 26.3 Å². The molecule has 1 fully saturated rings. The lowest BCUT2D eigenvalue weighted by atomic mass is 9.94. The van der Waals surface area contributed by atoms with E-state index in [1.54, 1.807) is 0 Å². The minimum Gasteiger partial charge on any atom is -0.349 e. The number of carbonyl (C=O) groups is 1. The van der Waals surface area contributed by atoms with Crippen LogP contribution in [0.2, 0.25) is 9.36 Å². The monoisotopic (exact) mass is 623 g/mol. The van der Waals surface area contributed by atoms with Gasteiger partial charge in [0, 0.05) is 32.7 Å². The Morgan fingerprint density at radius 1 is 1.09 bits per heavy atom. The smallest absolute Gasteiger partial charge is 0.349 e. The highest BCUT2D eigenvalue weighted by Crippen LogP contribution is 2.54. The van der Waals surface area contributed by atoms with E-state index in [9.17, 15) is 35.5 Å². The van der Waals surface area contributed by atoms with E-state index in [1.807, 2.05) is 0 Å². The highest BCUT2D eigenvalue weighted by atomic mass is 79.9. The molecule has 1 aliphatic rings. The molecule has 1 saturated carbocycles. The lowest BCUT2D eigenvalue weighted by Crippen LogP contribution is -2.50. The molecule has 1 amide bonds. The SMILES string of the molecule is O=C(NC1CC1)c1cc(-c2cnn(-c3c(Cl)cc(C(F)(C(F)(F)F)C(F)(F)F)cc3Br)c2)sc1Cl. The predicted octanol–water partition coefficient (Wildman–Crippen LogP) is 7.85. The molecule has 0 unspecified atom stereocenters. The molecule has 0 bridgehead atoms. The summed E-state index contributed by atoms with van der Waals surface area (Å²) in [5.74, 6) is -0.335. The van der Waals surface area contributed by atoms with Crippen molar-refractivity contribution >= 4 is 56.4 Å². The van der Waals surface area contributed by atoms with E-state index < -0.39 is 28.6 Å². The van der Waals surface area contributed by atoms with Crippen LogP contribution >= 0.6 is 50.5 Å². The first-order valence-electron chi connectivity index (χ1n) is 9.61. The number of benzene rings is 1. The van der Waals surface area contributed by atoms with Crippen LogP contribution in [0.15, 0.2) is 35.1 Å². The van der Waals surface area contributed by atoms with Crippen LogP contribution in [0.5, 0.6) is 0 Å². The van der Waals surface area contributed by atoms with Gasteiger partial charge in [-0.2, -0.15) is 31.4 Å². The lowest BCUT2D eigenvalue weighted by molar-refractivity contribution is -0.348. The van der Waals surface area contributed by atoms with Crippen molar-refractivity contribution in [1.29, 1.82) is 0 Å². The Morgan fingerprint density at radius 2 is 1.71 bits per heavy atom. The average molecular weight is 625 g/mol. The van der Waals surface area contributed by atoms with Crippen LogP contribution in [0.25, 0.3) is 16.1 Å². The third-order valence-corrected chi connectivity index (χ3v) is 7.44. The van der Waals surface area contributed by atoms with Crippen LogP contribution in [-0.4, -0.2) is 34.1 Å². The Morgan fingerprint density at radius 3 is 2.26 bits per heavy atom. The van der Waals surface area contributed by atoms with Gasteiger partial charge in [0.1, 0.15) is 4.34 Å². The van der Waals surface area contributed by atoms with Gasteiger partial charge < -0.3 is 5.32 Å². The van der Waals surface area contributed by atoms with E-state index in [0.717, 1.165) is 28.9 Å². The van der Waals surface area contributed by atoms with E-state index in [0.29, 0.717) is 16.5 Å². The summed E-state index contributed by atoms with van der Waals surface area (Å²) in [6.45, 7) is 0. The van der Waals surface area contributed by atoms with Crippen molar-refractivity contribution < 1.29 is 35.5 Å². The van der Waals surface area contributed by atoms with Crippen molar-refractivity contribution in [3.63, 3.8) is 0 Å². The second-order valence-corrected chi connectivity index (χ2v) is 10.6. The number of nitrogens with zero attached hydrogens (tertiary/aromatic N) is 2. The number of alkyl halides is 7. The Hall–Kier alpha value is -1.83. The first-order chi connectivity index (χ1) is 16.1. The summed E-state index contributed by atoms with van der Waals surface area (Å²) in [5, 5.41) is 6.23. The molecule has 188 valence electrons. The standard InChI is InChI=1S/C20H11BrCl2F7N3OS/c21-12-3-9(18(24,19(25,26)27)20(28,29)30)4-13(22)15(12)33-7-8(6-31-33)14-5-11(16(23)35-14)17(34)32-10-1-2-10/h3-7,10H,1-2H2,(H,32,34). The highest BCUT2D eigenvalue weighted by molar-refractivity contribution is 9.10. The summed E-state index contributed by atoms with van der Waals surface area (Å²) < 4.78 is 94.1. The van der Waals surface area contributed by atoms with Gasteiger partial charge in [0.2, 0.25) is 0 Å². The quantitative estimate of drug-likeness (QED) is 0.294. The van der Waals surface area contributed by atoms with Crippen molar-refractivity contribution in [3.8, 4) is 16.1 Å². The van der Waals surface area contributed by atoms with Crippen molar-refractivity contribution in [2.24, 2.45) is 0 Å². The number of hydrogen-bond donors (Lipinski definition) is 1. The predicted molar refractivity (Wildman–Crippen MR) is 120 cm³/mol. The Kier molecular flexibility index (Phi) is 6.69. The summed E-state index contributed by atoms with van der Waals surface area (Å²) in [4.78, 5) is 12.8. The molecule has 4 rings (SSSR count). The van der Waals surface area contributed by atoms with Crippen molar-refractivity contribution in [3.05, 3.63) is 55.6 Å². The van der Waals surface area contributed by atoms with Gasteiger partial charge >= 0.3 is 18.0 Å². The zero-order chi connectivity index (χ0) is 25.9. The summed E-state index contributed by atoms with van der Waals surface area (Å²) in [5.41, 5.74) is -6.79. The number of halogens is 10. The molecule has 0 saturated heterocycles. The van der Waals surface area contributed by atoms with E-state index in [4.69, 9.17) is 23.2 Å². The normalized spacial score (nSPS) is 14.9. The number of aromatic nitrogens is 2. The number of thiophene rings is 1. The second-order valence-electron chi connectivity index (χ2n) is 7.66. The Labute approximate surface area is 215 Å². The van der Waals surface area contributed by atoms with Crippen LogP contribution < -0.4 is 5.32 Å². The molecule has 1 aliphatic carbocycles. The first-order valence-corrected chi connectivity index (χ1v) is 12.0. The molecule has 0 radical (unpaired) electrons. The second kappa shape index (κ2) is 8.93. The highest BCUT2D eigenvalue weighted by Gasteiger charge is 2.73. The number of rotatable bonds is 5. The van der Waals surface area contributed by atoms with E-state index >= 15 is 0 Å². The van der Waals surface area contributed by atoms with Crippen LogP contribution in [-0.2, 0) is 5.67 Å². The molecule has 3 aromatic rings. The third-order valence-electron chi connectivity index (χ3n) is 5.14. The molecule has 1 N–H and O–H groups in total. The molecular weight excluding hydrogens is 614 g/mol. The third kappa shape index (κ3) is 4.79. The molecule has 2 aromatic heterocycles. The van der Waals surface area contributed by atoms with Gasteiger partial charge in [0.05, 0.1) is 22.5 Å². The zero-order valence-electron chi connectivity index (χ0n) is 16.9. The van der Waals surface area contributed by atoms with Crippen LogP contribution in [0.3, 0.4) is 0 Å². The molecular formula is C20H11BrCl2F7N3OS. The van der Waals surface area contributed by atoms with Gasteiger partial charge in [-0.3, -0.25) is 4.79 Å². The minimum atomic E-state index is -6.28. The van der Waals surface area contributed by atoms with Crippen LogP contribution in [0, 0.1) is 0 Å². The van der Waals surface area contributed by atoms with Crippen molar-refractivity contribution in [2.75, 3.05) is 0 Å². The molecule has 4 nitrogen and oxygen atoms in total. The molecule has 0 aliphatic heterocycles. The molecule has 0 spiro atoms. The average Bonchev–Trinajstić information content (AvgIpc) is 3.25. The number of amides is 1. The van der Waals surface area contributed by atoms with E-state index in [-0.39, 0.29) is 38.1 Å². The van der Waals surface area contributed by atoms with Gasteiger partial charge in [-0.15, -0.1) is 11.3 Å². The fourth-order valence-corrected chi connectivity index (χ4v) is 5.51. The fraction of sp³-hybridized carbons (Fsp3) is 0.300. The van der Waals surface area contributed by atoms with E-state index in [1.165, 1.54) is 18.5 Å². The zero-order valence-corrected chi connectivity index (χ0v) is 20.8. The fourth-order valence-electron chi connectivity index (χ4n) is 3.20. The summed E-state index contributed by atoms with van der Waals surface area (Å²) in [7, 11) is 0. The molecule has 0 atom stereocenters. The summed E-state index contributed by atoms with van der Waals surface area (Å²) in [6.07, 6.45) is -8.07. The van der Waals surface area contributed by atoms with Crippen LogP contribution in [0.1, 0.15) is 28.8 Å². The Balaban J connectivity index is 1.69. The van der Waals surface area contributed by atoms with Crippen molar-refractivity contribution in [1.82, 2.24) is 15.1 Å².